The number of rotatable bonds is 5. The fourth-order valence-electron chi connectivity index (χ4n) is 1.79. The second-order valence-electron chi connectivity index (χ2n) is 4.60. The first-order chi connectivity index (χ1) is 10.9. The van der Waals surface area contributed by atoms with Gasteiger partial charge in [-0.1, -0.05) is 39.7 Å². The van der Waals surface area contributed by atoms with Crippen LogP contribution in [-0.2, 0) is 4.79 Å². The molecule has 1 amide bonds. The molecule has 0 aliphatic heterocycles. The number of nitro benzene ring substituents is 1. The van der Waals surface area contributed by atoms with Crippen LogP contribution >= 0.6 is 27.5 Å². The Kier molecular flexibility index (Phi) is 5.57. The van der Waals surface area contributed by atoms with E-state index in [1.807, 2.05) is 0 Å². The van der Waals surface area contributed by atoms with Crippen molar-refractivity contribution in [3.8, 4) is 5.75 Å². The van der Waals surface area contributed by atoms with Crippen LogP contribution in [0.2, 0.25) is 5.02 Å². The Balaban J connectivity index is 2.10. The Labute approximate surface area is 145 Å². The van der Waals surface area contributed by atoms with Crippen LogP contribution in [0, 0.1) is 10.1 Å². The molecule has 0 saturated heterocycles. The number of halogens is 2. The highest BCUT2D eigenvalue weighted by Gasteiger charge is 2.20. The third kappa shape index (κ3) is 4.43. The van der Waals surface area contributed by atoms with E-state index in [1.54, 1.807) is 24.3 Å². The Morgan fingerprint density at radius 1 is 1.35 bits per heavy atom. The van der Waals surface area contributed by atoms with Crippen LogP contribution in [0.1, 0.15) is 6.92 Å². The molecule has 23 heavy (non-hydrogen) atoms. The first-order valence-corrected chi connectivity index (χ1v) is 7.71. The number of nitrogens with one attached hydrogen (secondary N) is 1. The Morgan fingerprint density at radius 2 is 2.04 bits per heavy atom. The number of hydrogen-bond donors (Lipinski definition) is 1. The number of nitrogens with zero attached hydrogens (tertiary/aromatic N) is 1. The monoisotopic (exact) mass is 398 g/mol. The molecule has 0 fully saturated rings. The minimum absolute atomic E-state index is 0.111. The number of para-hydroxylation sites is 2. The molecule has 1 atom stereocenters. The van der Waals surface area contributed by atoms with Crippen LogP contribution in [0.5, 0.6) is 5.75 Å². The van der Waals surface area contributed by atoms with Crippen molar-refractivity contribution in [2.45, 2.75) is 13.0 Å². The van der Waals surface area contributed by atoms with Crippen molar-refractivity contribution < 1.29 is 14.5 Å². The number of amides is 1. The number of carbonyl (C=O) groups is 1. The maximum absolute atomic E-state index is 12.2. The van der Waals surface area contributed by atoms with Crippen molar-refractivity contribution in [1.82, 2.24) is 0 Å². The first-order valence-electron chi connectivity index (χ1n) is 6.54. The highest BCUT2D eigenvalue weighted by atomic mass is 79.9. The first kappa shape index (κ1) is 17.2. The lowest BCUT2D eigenvalue weighted by atomic mass is 10.2. The number of benzene rings is 2. The van der Waals surface area contributed by atoms with Crippen molar-refractivity contribution in [3.05, 3.63) is 62.1 Å². The van der Waals surface area contributed by atoms with E-state index in [4.69, 9.17) is 16.3 Å². The van der Waals surface area contributed by atoms with Crippen LogP contribution in [0.25, 0.3) is 0 Å². The van der Waals surface area contributed by atoms with Gasteiger partial charge in [-0.3, -0.25) is 14.9 Å². The lowest BCUT2D eigenvalue weighted by Crippen LogP contribution is -2.30. The number of ether oxygens (including phenoxy) is 1. The van der Waals surface area contributed by atoms with E-state index < -0.39 is 16.9 Å². The predicted octanol–water partition coefficient (Wildman–Crippen LogP) is 4.42. The SMILES string of the molecule is C[C@@H](Oc1ccc(Br)cc1Cl)C(=O)Nc1ccccc1[N+](=O)[O-]. The summed E-state index contributed by atoms with van der Waals surface area (Å²) in [6.45, 7) is 1.53. The zero-order valence-corrected chi connectivity index (χ0v) is 14.3. The van der Waals surface area contributed by atoms with Gasteiger partial charge in [-0.2, -0.15) is 0 Å². The molecule has 0 heterocycles. The van der Waals surface area contributed by atoms with Crippen molar-refractivity contribution in [2.75, 3.05) is 5.32 Å². The van der Waals surface area contributed by atoms with Gasteiger partial charge in [0.15, 0.2) is 6.10 Å². The van der Waals surface area contributed by atoms with Crippen LogP contribution in [0.4, 0.5) is 11.4 Å². The quantitative estimate of drug-likeness (QED) is 0.596. The Bertz CT molecular complexity index is 754. The van der Waals surface area contributed by atoms with Crippen LogP contribution in [-0.4, -0.2) is 16.9 Å². The van der Waals surface area contributed by atoms with Gasteiger partial charge >= 0.3 is 0 Å². The summed E-state index contributed by atoms with van der Waals surface area (Å²) < 4.78 is 6.28. The number of hydrogen-bond acceptors (Lipinski definition) is 4. The van der Waals surface area contributed by atoms with E-state index in [9.17, 15) is 14.9 Å². The number of anilines is 1. The Hall–Kier alpha value is -2.12. The smallest absolute Gasteiger partial charge is 0.292 e. The summed E-state index contributed by atoms with van der Waals surface area (Å²) in [5, 5.41) is 13.8. The van der Waals surface area contributed by atoms with Crippen LogP contribution in [0.3, 0.4) is 0 Å². The molecule has 0 spiro atoms. The molecule has 8 heteroatoms. The second kappa shape index (κ2) is 7.43. The highest BCUT2D eigenvalue weighted by Crippen LogP contribution is 2.29. The Morgan fingerprint density at radius 3 is 2.70 bits per heavy atom. The second-order valence-corrected chi connectivity index (χ2v) is 5.92. The molecule has 0 saturated carbocycles. The standard InChI is InChI=1S/C15H12BrClN2O4/c1-9(23-14-7-6-10(16)8-11(14)17)15(20)18-12-4-2-3-5-13(12)19(21)22/h2-9H,1H3,(H,18,20)/t9-/m1/s1. The van der Waals surface area contributed by atoms with Gasteiger partial charge in [0.2, 0.25) is 0 Å². The zero-order chi connectivity index (χ0) is 17.0. The van der Waals surface area contributed by atoms with E-state index in [1.165, 1.54) is 25.1 Å². The molecule has 0 radical (unpaired) electrons. The van der Waals surface area contributed by atoms with E-state index in [-0.39, 0.29) is 11.4 Å². The fraction of sp³-hybridized carbons (Fsp3) is 0.133. The summed E-state index contributed by atoms with van der Waals surface area (Å²) >= 11 is 9.30. The molecule has 0 aromatic heterocycles. The predicted molar refractivity (Wildman–Crippen MR) is 91.0 cm³/mol. The van der Waals surface area contributed by atoms with Gasteiger partial charge in [0, 0.05) is 10.5 Å². The maximum atomic E-state index is 12.2. The lowest BCUT2D eigenvalue weighted by Gasteiger charge is -2.15. The van der Waals surface area contributed by atoms with Crippen molar-refractivity contribution in [2.24, 2.45) is 0 Å². The molecular weight excluding hydrogens is 388 g/mol. The topological polar surface area (TPSA) is 81.5 Å². The third-order valence-corrected chi connectivity index (χ3v) is 3.71. The molecule has 6 nitrogen and oxygen atoms in total. The molecular formula is C15H12BrClN2O4. The average molecular weight is 400 g/mol. The molecule has 2 rings (SSSR count). The molecule has 2 aromatic rings. The summed E-state index contributed by atoms with van der Waals surface area (Å²) in [7, 11) is 0. The minimum Gasteiger partial charge on any atom is -0.479 e. The van der Waals surface area contributed by atoms with E-state index in [0.29, 0.717) is 10.8 Å². The highest BCUT2D eigenvalue weighted by molar-refractivity contribution is 9.10. The summed E-state index contributed by atoms with van der Waals surface area (Å²) in [6.07, 6.45) is -0.881. The number of carbonyl (C=O) groups excluding carboxylic acids is 1. The summed E-state index contributed by atoms with van der Waals surface area (Å²) in [6, 6.07) is 10.9. The third-order valence-electron chi connectivity index (χ3n) is 2.93. The van der Waals surface area contributed by atoms with E-state index in [0.717, 1.165) is 4.47 Å². The molecule has 0 aliphatic rings. The van der Waals surface area contributed by atoms with E-state index in [2.05, 4.69) is 21.2 Å². The summed E-state index contributed by atoms with van der Waals surface area (Å²) in [5.41, 5.74) is -0.0745. The molecule has 1 N–H and O–H groups in total. The molecule has 0 unspecified atom stereocenters. The number of nitro groups is 1. The molecule has 0 aliphatic carbocycles. The van der Waals surface area contributed by atoms with Crippen molar-refractivity contribution in [3.63, 3.8) is 0 Å². The van der Waals surface area contributed by atoms with Crippen LogP contribution < -0.4 is 10.1 Å². The van der Waals surface area contributed by atoms with Gasteiger partial charge in [-0.15, -0.1) is 0 Å². The van der Waals surface area contributed by atoms with Gasteiger partial charge in [-0.05, 0) is 31.2 Å². The van der Waals surface area contributed by atoms with Gasteiger partial charge < -0.3 is 10.1 Å². The molecule has 2 aromatic carbocycles. The van der Waals surface area contributed by atoms with Gasteiger partial charge in [0.05, 0.1) is 9.95 Å². The summed E-state index contributed by atoms with van der Waals surface area (Å²) in [5.74, 6) is -0.168. The lowest BCUT2D eigenvalue weighted by molar-refractivity contribution is -0.383. The van der Waals surface area contributed by atoms with Crippen molar-refractivity contribution >= 4 is 44.8 Å². The maximum Gasteiger partial charge on any atom is 0.292 e. The van der Waals surface area contributed by atoms with Crippen LogP contribution in [0.15, 0.2) is 46.9 Å². The fourth-order valence-corrected chi connectivity index (χ4v) is 2.51. The largest absolute Gasteiger partial charge is 0.479 e. The van der Waals surface area contributed by atoms with E-state index >= 15 is 0 Å². The van der Waals surface area contributed by atoms with Crippen molar-refractivity contribution in [1.29, 1.82) is 0 Å². The normalized spacial score (nSPS) is 11.6. The average Bonchev–Trinajstić information content (AvgIpc) is 2.50. The minimum atomic E-state index is -0.881. The molecule has 120 valence electrons. The van der Waals surface area contributed by atoms with Gasteiger partial charge in [0.1, 0.15) is 11.4 Å². The molecule has 0 bridgehead atoms. The van der Waals surface area contributed by atoms with Gasteiger partial charge in [0.25, 0.3) is 11.6 Å². The zero-order valence-electron chi connectivity index (χ0n) is 12.0. The summed E-state index contributed by atoms with van der Waals surface area (Å²) in [4.78, 5) is 22.5. The van der Waals surface area contributed by atoms with Gasteiger partial charge in [-0.25, -0.2) is 0 Å².